The van der Waals surface area contributed by atoms with Crippen LogP contribution in [-0.2, 0) is 7.05 Å². The van der Waals surface area contributed by atoms with Crippen LogP contribution in [0.4, 0.5) is 5.69 Å². The molecule has 82 valence electrons. The molecule has 0 fully saturated rings. The summed E-state index contributed by atoms with van der Waals surface area (Å²) in [4.78, 5) is 4.47. The smallest absolute Gasteiger partial charge is 0.0633 e. The van der Waals surface area contributed by atoms with Crippen LogP contribution in [0.2, 0.25) is 0 Å². The van der Waals surface area contributed by atoms with E-state index in [4.69, 9.17) is 0 Å². The highest BCUT2D eigenvalue weighted by Crippen LogP contribution is 2.13. The van der Waals surface area contributed by atoms with E-state index < -0.39 is 0 Å². The molecule has 0 N–H and O–H groups in total. The van der Waals surface area contributed by atoms with Crippen LogP contribution in [0.15, 0.2) is 41.4 Å². The third kappa shape index (κ3) is 2.22. The fraction of sp³-hybridized carbons (Fsp3) is 0.214. The normalized spacial score (nSPS) is 11.2. The minimum atomic E-state index is 0.999. The lowest BCUT2D eigenvalue weighted by atomic mass is 10.2. The maximum atomic E-state index is 4.47. The van der Waals surface area contributed by atoms with E-state index in [1.165, 1.54) is 11.3 Å². The summed E-state index contributed by atoms with van der Waals surface area (Å²) >= 11 is 0. The first-order chi connectivity index (χ1) is 7.66. The fourth-order valence-electron chi connectivity index (χ4n) is 1.61. The average Bonchev–Trinajstić information content (AvgIpc) is 2.57. The number of aliphatic imine (C=N–C) groups is 1. The second-order valence-electron chi connectivity index (χ2n) is 4.06. The number of nitrogens with zero attached hydrogens (tertiary/aromatic N) is 2. The van der Waals surface area contributed by atoms with Crippen LogP contribution >= 0.6 is 0 Å². The van der Waals surface area contributed by atoms with E-state index in [9.17, 15) is 0 Å². The van der Waals surface area contributed by atoms with Gasteiger partial charge in [-0.2, -0.15) is 0 Å². The summed E-state index contributed by atoms with van der Waals surface area (Å²) in [5.41, 5.74) is 4.60. The van der Waals surface area contributed by atoms with Crippen molar-refractivity contribution in [3.05, 3.63) is 53.3 Å². The number of aromatic nitrogens is 1. The van der Waals surface area contributed by atoms with Gasteiger partial charge in [0.15, 0.2) is 0 Å². The van der Waals surface area contributed by atoms with Crippen molar-refractivity contribution in [1.29, 1.82) is 0 Å². The second kappa shape index (κ2) is 4.35. The Bertz CT molecular complexity index is 521. The topological polar surface area (TPSA) is 17.3 Å². The van der Waals surface area contributed by atoms with E-state index in [0.717, 1.165) is 11.4 Å². The van der Waals surface area contributed by atoms with E-state index in [-0.39, 0.29) is 0 Å². The highest BCUT2D eigenvalue weighted by atomic mass is 15.0. The summed E-state index contributed by atoms with van der Waals surface area (Å²) in [7, 11) is 2.05. The number of benzene rings is 1. The Hall–Kier alpha value is -1.83. The van der Waals surface area contributed by atoms with Crippen LogP contribution in [-0.4, -0.2) is 10.8 Å². The lowest BCUT2D eigenvalue weighted by Crippen LogP contribution is -1.96. The molecule has 2 heteroatoms. The summed E-state index contributed by atoms with van der Waals surface area (Å²) in [5, 5.41) is 0. The Morgan fingerprint density at radius 1 is 1.12 bits per heavy atom. The van der Waals surface area contributed by atoms with Crippen molar-refractivity contribution in [2.75, 3.05) is 0 Å². The Balaban J connectivity index is 2.24. The molecule has 2 nitrogen and oxygen atoms in total. The predicted octanol–water partition coefficient (Wildman–Crippen LogP) is 3.39. The van der Waals surface area contributed by atoms with E-state index in [2.05, 4.69) is 47.7 Å². The Morgan fingerprint density at radius 3 is 2.56 bits per heavy atom. The minimum absolute atomic E-state index is 0.999. The van der Waals surface area contributed by atoms with Gasteiger partial charge in [-0.1, -0.05) is 12.1 Å². The first-order valence-electron chi connectivity index (χ1n) is 5.40. The molecule has 2 rings (SSSR count). The molecule has 1 aromatic carbocycles. The van der Waals surface area contributed by atoms with Gasteiger partial charge in [-0.3, -0.25) is 4.99 Å². The third-order valence-corrected chi connectivity index (χ3v) is 2.76. The average molecular weight is 212 g/mol. The van der Waals surface area contributed by atoms with E-state index >= 15 is 0 Å². The highest BCUT2D eigenvalue weighted by Gasteiger charge is 1.97. The zero-order chi connectivity index (χ0) is 11.5. The SMILES string of the molecule is Cc1cccc(N=Cc2ccc(C)n2C)c1. The zero-order valence-corrected chi connectivity index (χ0v) is 9.94. The van der Waals surface area contributed by atoms with Crippen molar-refractivity contribution in [2.24, 2.45) is 12.0 Å². The van der Waals surface area contributed by atoms with Gasteiger partial charge in [-0.25, -0.2) is 0 Å². The van der Waals surface area contributed by atoms with E-state index in [0.29, 0.717) is 0 Å². The number of rotatable bonds is 2. The van der Waals surface area contributed by atoms with Gasteiger partial charge in [0.05, 0.1) is 17.6 Å². The molecule has 2 aromatic rings. The maximum absolute atomic E-state index is 4.47. The van der Waals surface area contributed by atoms with Gasteiger partial charge in [-0.15, -0.1) is 0 Å². The van der Waals surface area contributed by atoms with Crippen molar-refractivity contribution in [3.8, 4) is 0 Å². The Morgan fingerprint density at radius 2 is 1.94 bits per heavy atom. The minimum Gasteiger partial charge on any atom is -0.347 e. The molecule has 0 spiro atoms. The van der Waals surface area contributed by atoms with Crippen molar-refractivity contribution < 1.29 is 0 Å². The van der Waals surface area contributed by atoms with E-state index in [1.807, 2.05) is 25.4 Å². The lowest BCUT2D eigenvalue weighted by molar-refractivity contribution is 0.874. The number of aryl methyl sites for hydroxylation is 2. The first-order valence-corrected chi connectivity index (χ1v) is 5.40. The second-order valence-corrected chi connectivity index (χ2v) is 4.06. The molecule has 0 aliphatic rings. The summed E-state index contributed by atoms with van der Waals surface area (Å²) in [5.74, 6) is 0. The summed E-state index contributed by atoms with van der Waals surface area (Å²) in [6, 6.07) is 12.4. The van der Waals surface area contributed by atoms with Crippen molar-refractivity contribution >= 4 is 11.9 Å². The van der Waals surface area contributed by atoms with Crippen LogP contribution in [0.1, 0.15) is 17.0 Å². The molecule has 1 aromatic heterocycles. The van der Waals surface area contributed by atoms with Gasteiger partial charge < -0.3 is 4.57 Å². The third-order valence-electron chi connectivity index (χ3n) is 2.76. The van der Waals surface area contributed by atoms with Crippen LogP contribution in [0, 0.1) is 13.8 Å². The zero-order valence-electron chi connectivity index (χ0n) is 9.94. The molecular weight excluding hydrogens is 196 g/mol. The molecule has 0 amide bonds. The van der Waals surface area contributed by atoms with Crippen molar-refractivity contribution in [3.63, 3.8) is 0 Å². The lowest BCUT2D eigenvalue weighted by Gasteiger charge is -1.99. The van der Waals surface area contributed by atoms with Crippen LogP contribution in [0.3, 0.4) is 0 Å². The van der Waals surface area contributed by atoms with Gasteiger partial charge in [0.1, 0.15) is 0 Å². The van der Waals surface area contributed by atoms with Crippen LogP contribution in [0.25, 0.3) is 0 Å². The standard InChI is InChI=1S/C14H16N2/c1-11-5-4-6-13(9-11)15-10-14-8-7-12(2)16(14)3/h4-10H,1-3H3. The number of hydrogen-bond donors (Lipinski definition) is 0. The molecule has 0 bridgehead atoms. The predicted molar refractivity (Wildman–Crippen MR) is 68.6 cm³/mol. The molecule has 16 heavy (non-hydrogen) atoms. The molecule has 0 radical (unpaired) electrons. The quantitative estimate of drug-likeness (QED) is 0.679. The van der Waals surface area contributed by atoms with Crippen LogP contribution in [0.5, 0.6) is 0 Å². The van der Waals surface area contributed by atoms with Crippen molar-refractivity contribution in [1.82, 2.24) is 4.57 Å². The molecular formula is C14H16N2. The van der Waals surface area contributed by atoms with Gasteiger partial charge in [0.25, 0.3) is 0 Å². The highest BCUT2D eigenvalue weighted by molar-refractivity contribution is 5.80. The molecule has 1 heterocycles. The van der Waals surface area contributed by atoms with Crippen molar-refractivity contribution in [2.45, 2.75) is 13.8 Å². The molecule has 0 aliphatic heterocycles. The summed E-state index contributed by atoms with van der Waals surface area (Å²) in [6.45, 7) is 4.16. The van der Waals surface area contributed by atoms with Gasteiger partial charge >= 0.3 is 0 Å². The summed E-state index contributed by atoms with van der Waals surface area (Å²) in [6.07, 6.45) is 1.90. The van der Waals surface area contributed by atoms with Gasteiger partial charge in [-0.05, 0) is 43.7 Å². The fourth-order valence-corrected chi connectivity index (χ4v) is 1.61. The number of hydrogen-bond acceptors (Lipinski definition) is 1. The molecule has 0 aliphatic carbocycles. The molecule has 0 saturated carbocycles. The summed E-state index contributed by atoms with van der Waals surface area (Å²) < 4.78 is 2.12. The molecule has 0 unspecified atom stereocenters. The monoisotopic (exact) mass is 212 g/mol. The van der Waals surface area contributed by atoms with Crippen LogP contribution < -0.4 is 0 Å². The molecule has 0 atom stereocenters. The first kappa shape index (κ1) is 10.7. The largest absolute Gasteiger partial charge is 0.347 e. The van der Waals surface area contributed by atoms with E-state index in [1.54, 1.807) is 0 Å². The maximum Gasteiger partial charge on any atom is 0.0633 e. The Labute approximate surface area is 96.3 Å². The van der Waals surface area contributed by atoms with Gasteiger partial charge in [0, 0.05) is 12.7 Å². The van der Waals surface area contributed by atoms with Gasteiger partial charge in [0.2, 0.25) is 0 Å². The molecule has 0 saturated heterocycles. The Kier molecular flexibility index (Phi) is 2.91.